The van der Waals surface area contributed by atoms with Gasteiger partial charge in [-0.2, -0.15) is 0 Å². The SMILES string of the molecule is CCN(Cc1csc(NC(C)=O)n1)c1ccc(F)c(F)c1. The molecule has 0 aliphatic carbocycles. The van der Waals surface area contributed by atoms with Gasteiger partial charge in [-0.3, -0.25) is 4.79 Å². The second-order valence-corrected chi connectivity index (χ2v) is 5.30. The summed E-state index contributed by atoms with van der Waals surface area (Å²) in [5.74, 6) is -1.91. The van der Waals surface area contributed by atoms with Gasteiger partial charge in [0.2, 0.25) is 5.91 Å². The summed E-state index contributed by atoms with van der Waals surface area (Å²) < 4.78 is 26.3. The van der Waals surface area contributed by atoms with Gasteiger partial charge in [0.25, 0.3) is 0 Å². The number of anilines is 2. The number of hydrogen-bond donors (Lipinski definition) is 1. The molecule has 4 nitrogen and oxygen atoms in total. The largest absolute Gasteiger partial charge is 0.366 e. The van der Waals surface area contributed by atoms with Gasteiger partial charge < -0.3 is 10.2 Å². The van der Waals surface area contributed by atoms with E-state index in [4.69, 9.17) is 0 Å². The first-order valence-corrected chi connectivity index (χ1v) is 7.29. The van der Waals surface area contributed by atoms with Crippen LogP contribution in [-0.2, 0) is 11.3 Å². The molecule has 0 fully saturated rings. The molecular weight excluding hydrogens is 296 g/mol. The zero-order chi connectivity index (χ0) is 15.4. The van der Waals surface area contributed by atoms with E-state index in [1.807, 2.05) is 17.2 Å². The zero-order valence-electron chi connectivity index (χ0n) is 11.7. The van der Waals surface area contributed by atoms with E-state index in [2.05, 4.69) is 10.3 Å². The van der Waals surface area contributed by atoms with E-state index < -0.39 is 11.6 Å². The van der Waals surface area contributed by atoms with E-state index >= 15 is 0 Å². The van der Waals surface area contributed by atoms with Crippen molar-refractivity contribution in [2.75, 3.05) is 16.8 Å². The molecule has 1 aromatic carbocycles. The smallest absolute Gasteiger partial charge is 0.223 e. The lowest BCUT2D eigenvalue weighted by molar-refractivity contribution is -0.114. The van der Waals surface area contributed by atoms with Crippen molar-refractivity contribution in [2.24, 2.45) is 0 Å². The number of rotatable bonds is 5. The summed E-state index contributed by atoms with van der Waals surface area (Å²) in [6.45, 7) is 4.42. The van der Waals surface area contributed by atoms with Crippen molar-refractivity contribution in [3.8, 4) is 0 Å². The number of hydrogen-bond acceptors (Lipinski definition) is 4. The normalized spacial score (nSPS) is 10.5. The van der Waals surface area contributed by atoms with Gasteiger partial charge in [-0.25, -0.2) is 13.8 Å². The minimum Gasteiger partial charge on any atom is -0.366 e. The van der Waals surface area contributed by atoms with Crippen LogP contribution in [0.4, 0.5) is 19.6 Å². The number of nitrogens with one attached hydrogen (secondary N) is 1. The lowest BCUT2D eigenvalue weighted by atomic mass is 10.2. The van der Waals surface area contributed by atoms with Crippen molar-refractivity contribution >= 4 is 28.1 Å². The van der Waals surface area contributed by atoms with Gasteiger partial charge in [0, 0.05) is 30.6 Å². The number of nitrogens with zero attached hydrogens (tertiary/aromatic N) is 2. The Balaban J connectivity index is 2.13. The van der Waals surface area contributed by atoms with Crippen LogP contribution in [0.2, 0.25) is 0 Å². The molecule has 0 saturated carbocycles. The Labute approximate surface area is 125 Å². The van der Waals surface area contributed by atoms with Crippen molar-refractivity contribution in [1.82, 2.24) is 4.98 Å². The minimum atomic E-state index is -0.872. The number of amides is 1. The number of aromatic nitrogens is 1. The van der Waals surface area contributed by atoms with Gasteiger partial charge in [0.15, 0.2) is 16.8 Å². The summed E-state index contributed by atoms with van der Waals surface area (Å²) in [7, 11) is 0. The first-order chi connectivity index (χ1) is 9.99. The van der Waals surface area contributed by atoms with Gasteiger partial charge >= 0.3 is 0 Å². The molecule has 0 aliphatic heterocycles. The third-order valence-corrected chi connectivity index (χ3v) is 3.64. The summed E-state index contributed by atoms with van der Waals surface area (Å²) in [4.78, 5) is 17.1. The summed E-state index contributed by atoms with van der Waals surface area (Å²) in [6.07, 6.45) is 0. The Morgan fingerprint density at radius 2 is 2.14 bits per heavy atom. The summed E-state index contributed by atoms with van der Waals surface area (Å²) >= 11 is 1.33. The van der Waals surface area contributed by atoms with Crippen LogP contribution in [0, 0.1) is 11.6 Å². The highest BCUT2D eigenvalue weighted by molar-refractivity contribution is 7.13. The second kappa shape index (κ2) is 6.62. The number of halogens is 2. The van der Waals surface area contributed by atoms with Gasteiger partial charge in [0.1, 0.15) is 0 Å². The molecule has 0 unspecified atom stereocenters. The van der Waals surface area contributed by atoms with Crippen LogP contribution >= 0.6 is 11.3 Å². The number of carbonyl (C=O) groups excluding carboxylic acids is 1. The highest BCUT2D eigenvalue weighted by Gasteiger charge is 2.11. The van der Waals surface area contributed by atoms with Crippen LogP contribution in [0.3, 0.4) is 0 Å². The third kappa shape index (κ3) is 3.98. The minimum absolute atomic E-state index is 0.177. The van der Waals surface area contributed by atoms with E-state index in [-0.39, 0.29) is 5.91 Å². The maximum absolute atomic E-state index is 13.3. The molecule has 0 radical (unpaired) electrons. The molecule has 2 aromatic rings. The molecule has 1 N–H and O–H groups in total. The van der Waals surface area contributed by atoms with Crippen molar-refractivity contribution in [2.45, 2.75) is 20.4 Å². The highest BCUT2D eigenvalue weighted by Crippen LogP contribution is 2.22. The Morgan fingerprint density at radius 1 is 1.38 bits per heavy atom. The molecule has 1 aromatic heterocycles. The Hall–Kier alpha value is -2.02. The van der Waals surface area contributed by atoms with Gasteiger partial charge in [-0.1, -0.05) is 0 Å². The predicted molar refractivity (Wildman–Crippen MR) is 79.5 cm³/mol. The lowest BCUT2D eigenvalue weighted by Crippen LogP contribution is -2.22. The molecule has 0 atom stereocenters. The molecule has 21 heavy (non-hydrogen) atoms. The maximum atomic E-state index is 13.3. The first kappa shape index (κ1) is 15.4. The molecule has 0 aliphatic rings. The standard InChI is InChI=1S/C14H15F2N3OS/c1-3-19(11-4-5-12(15)13(16)6-11)7-10-8-21-14(18-10)17-9(2)20/h4-6,8H,3,7H2,1-2H3,(H,17,18,20). The fourth-order valence-corrected chi connectivity index (χ4v) is 2.60. The Morgan fingerprint density at radius 3 is 2.76 bits per heavy atom. The summed E-state index contributed by atoms with van der Waals surface area (Å²) in [6, 6.07) is 3.81. The molecule has 0 bridgehead atoms. The second-order valence-electron chi connectivity index (χ2n) is 4.44. The molecular formula is C14H15F2N3OS. The number of carbonyl (C=O) groups is 1. The average Bonchev–Trinajstić information content (AvgIpc) is 2.86. The molecule has 112 valence electrons. The summed E-state index contributed by atoms with van der Waals surface area (Å²) in [5.41, 5.74) is 1.35. The van der Waals surface area contributed by atoms with Crippen molar-refractivity contribution in [3.05, 3.63) is 40.9 Å². The molecule has 2 rings (SSSR count). The lowest BCUT2D eigenvalue weighted by Gasteiger charge is -2.22. The van der Waals surface area contributed by atoms with Crippen LogP contribution in [-0.4, -0.2) is 17.4 Å². The molecule has 1 amide bonds. The van der Waals surface area contributed by atoms with Crippen molar-refractivity contribution in [3.63, 3.8) is 0 Å². The van der Waals surface area contributed by atoms with Crippen LogP contribution in [0.15, 0.2) is 23.6 Å². The van der Waals surface area contributed by atoms with Gasteiger partial charge in [0.05, 0.1) is 12.2 Å². The van der Waals surface area contributed by atoms with E-state index in [1.165, 1.54) is 30.4 Å². The van der Waals surface area contributed by atoms with E-state index in [1.54, 1.807) is 0 Å². The van der Waals surface area contributed by atoms with E-state index in [0.29, 0.717) is 23.9 Å². The van der Waals surface area contributed by atoms with Crippen LogP contribution < -0.4 is 10.2 Å². The van der Waals surface area contributed by atoms with Crippen molar-refractivity contribution in [1.29, 1.82) is 0 Å². The molecule has 0 saturated heterocycles. The Kier molecular flexibility index (Phi) is 4.85. The number of thiazole rings is 1. The average molecular weight is 311 g/mol. The fourth-order valence-electron chi connectivity index (χ4n) is 1.85. The third-order valence-electron chi connectivity index (χ3n) is 2.84. The summed E-state index contributed by atoms with van der Waals surface area (Å²) in [5, 5.41) is 4.97. The van der Waals surface area contributed by atoms with E-state index in [9.17, 15) is 13.6 Å². The van der Waals surface area contributed by atoms with E-state index in [0.717, 1.165) is 11.8 Å². The first-order valence-electron chi connectivity index (χ1n) is 6.41. The maximum Gasteiger partial charge on any atom is 0.223 e. The molecule has 0 spiro atoms. The van der Waals surface area contributed by atoms with Crippen LogP contribution in [0.1, 0.15) is 19.5 Å². The Bertz CT molecular complexity index is 645. The fraction of sp³-hybridized carbons (Fsp3) is 0.286. The van der Waals surface area contributed by atoms with Gasteiger partial charge in [-0.05, 0) is 19.1 Å². The molecule has 1 heterocycles. The topological polar surface area (TPSA) is 45.2 Å². The number of benzene rings is 1. The zero-order valence-corrected chi connectivity index (χ0v) is 12.5. The van der Waals surface area contributed by atoms with Crippen LogP contribution in [0.25, 0.3) is 0 Å². The van der Waals surface area contributed by atoms with Crippen molar-refractivity contribution < 1.29 is 13.6 Å². The highest BCUT2D eigenvalue weighted by atomic mass is 32.1. The van der Waals surface area contributed by atoms with Crippen LogP contribution in [0.5, 0.6) is 0 Å². The molecule has 7 heteroatoms. The predicted octanol–water partition coefficient (Wildman–Crippen LogP) is 3.41. The quantitative estimate of drug-likeness (QED) is 0.920. The monoisotopic (exact) mass is 311 g/mol. The van der Waals surface area contributed by atoms with Gasteiger partial charge in [-0.15, -0.1) is 11.3 Å².